The van der Waals surface area contributed by atoms with Gasteiger partial charge in [0.25, 0.3) is 0 Å². The highest BCUT2D eigenvalue weighted by Gasteiger charge is 2.14. The highest BCUT2D eigenvalue weighted by molar-refractivity contribution is 5.49. The minimum Gasteiger partial charge on any atom is -0.355 e. The van der Waals surface area contributed by atoms with Crippen LogP contribution in [-0.4, -0.2) is 55.1 Å². The summed E-state index contributed by atoms with van der Waals surface area (Å²) in [4.78, 5) is 13.6. The third-order valence-corrected chi connectivity index (χ3v) is 2.98. The van der Waals surface area contributed by atoms with E-state index in [-0.39, 0.29) is 0 Å². The molecule has 1 heterocycles. The predicted octanol–water partition coefficient (Wildman–Crippen LogP) is 2.24. The molecule has 20 heavy (non-hydrogen) atoms. The van der Waals surface area contributed by atoms with Gasteiger partial charge in [0.2, 0.25) is 5.95 Å². The highest BCUT2D eigenvalue weighted by atomic mass is 15.2. The molecule has 1 rings (SSSR count). The zero-order valence-electron chi connectivity index (χ0n) is 13.8. The van der Waals surface area contributed by atoms with Crippen molar-refractivity contribution in [2.24, 2.45) is 5.92 Å². The van der Waals surface area contributed by atoms with Crippen molar-refractivity contribution in [3.05, 3.63) is 11.8 Å². The molecule has 0 radical (unpaired) electrons. The van der Waals surface area contributed by atoms with Crippen molar-refractivity contribution in [2.75, 3.05) is 50.5 Å². The number of rotatable bonds is 8. The Morgan fingerprint density at radius 1 is 1.25 bits per heavy atom. The lowest BCUT2D eigenvalue weighted by Gasteiger charge is -2.28. The average molecular weight is 279 g/mol. The van der Waals surface area contributed by atoms with E-state index in [0.717, 1.165) is 37.6 Å². The van der Waals surface area contributed by atoms with E-state index < -0.39 is 0 Å². The molecule has 0 spiro atoms. The Kier molecular flexibility index (Phi) is 6.71. The maximum atomic E-state index is 4.68. The summed E-state index contributed by atoms with van der Waals surface area (Å²) in [7, 11) is 4.20. The fourth-order valence-corrected chi connectivity index (χ4v) is 2.04. The lowest BCUT2D eigenvalue weighted by Crippen LogP contribution is -2.35. The first-order chi connectivity index (χ1) is 9.43. The van der Waals surface area contributed by atoms with Crippen LogP contribution in [0.15, 0.2) is 6.20 Å². The van der Waals surface area contributed by atoms with E-state index in [0.29, 0.717) is 11.9 Å². The first-order valence-electron chi connectivity index (χ1n) is 7.41. The van der Waals surface area contributed by atoms with E-state index in [4.69, 9.17) is 0 Å². The molecule has 0 aromatic carbocycles. The Bertz CT molecular complexity index is 403. The predicted molar refractivity (Wildman–Crippen MR) is 86.5 cm³/mol. The summed E-state index contributed by atoms with van der Waals surface area (Å²) in [5.41, 5.74) is 1.13. The molecule has 5 heteroatoms. The Labute approximate surface area is 123 Å². The number of likely N-dealkylation sites (N-methyl/N-ethyl adjacent to an activating group) is 1. The largest absolute Gasteiger partial charge is 0.355 e. The minimum absolute atomic E-state index is 0.606. The first-order valence-corrected chi connectivity index (χ1v) is 7.41. The smallest absolute Gasteiger partial charge is 0.224 e. The number of aromatic nitrogens is 2. The van der Waals surface area contributed by atoms with Gasteiger partial charge in [0.1, 0.15) is 5.82 Å². The number of hydrogen-bond donors (Lipinski definition) is 1. The summed E-state index contributed by atoms with van der Waals surface area (Å²) in [6, 6.07) is 0. The second-order valence-corrected chi connectivity index (χ2v) is 5.87. The van der Waals surface area contributed by atoms with Crippen LogP contribution < -0.4 is 10.2 Å². The van der Waals surface area contributed by atoms with Crippen LogP contribution >= 0.6 is 0 Å². The topological polar surface area (TPSA) is 44.3 Å². The van der Waals surface area contributed by atoms with Gasteiger partial charge in [0.15, 0.2) is 0 Å². The standard InChI is InChI=1S/C15H29N5/c1-7-16-15-17-10-13(4)14(18-15)20(11-12(2)3)9-8-19(5)6/h10,12H,7-9,11H2,1-6H3,(H,16,17,18). The summed E-state index contributed by atoms with van der Waals surface area (Å²) in [5, 5.41) is 3.19. The van der Waals surface area contributed by atoms with Gasteiger partial charge >= 0.3 is 0 Å². The van der Waals surface area contributed by atoms with Crippen LogP contribution in [0.3, 0.4) is 0 Å². The SMILES string of the molecule is CCNc1ncc(C)c(N(CCN(C)C)CC(C)C)n1. The molecule has 0 aliphatic rings. The van der Waals surface area contributed by atoms with Crippen molar-refractivity contribution in [1.82, 2.24) is 14.9 Å². The molecule has 0 aliphatic carbocycles. The molecule has 1 aromatic heterocycles. The summed E-state index contributed by atoms with van der Waals surface area (Å²) in [6.45, 7) is 12.5. The molecule has 1 aromatic rings. The Balaban J connectivity index is 2.95. The quantitative estimate of drug-likeness (QED) is 0.790. The molecule has 0 saturated carbocycles. The number of hydrogen-bond acceptors (Lipinski definition) is 5. The van der Waals surface area contributed by atoms with Gasteiger partial charge in [-0.15, -0.1) is 0 Å². The molecule has 0 fully saturated rings. The van der Waals surface area contributed by atoms with Gasteiger partial charge in [-0.2, -0.15) is 4.98 Å². The van der Waals surface area contributed by atoms with Gasteiger partial charge in [-0.1, -0.05) is 13.8 Å². The van der Waals surface area contributed by atoms with Crippen LogP contribution in [0.5, 0.6) is 0 Å². The normalized spacial score (nSPS) is 11.2. The van der Waals surface area contributed by atoms with Gasteiger partial charge in [-0.25, -0.2) is 4.98 Å². The Morgan fingerprint density at radius 2 is 1.95 bits per heavy atom. The molecule has 5 nitrogen and oxygen atoms in total. The van der Waals surface area contributed by atoms with Gasteiger partial charge in [-0.05, 0) is 33.9 Å². The zero-order valence-corrected chi connectivity index (χ0v) is 13.8. The van der Waals surface area contributed by atoms with Crippen LogP contribution in [0.25, 0.3) is 0 Å². The van der Waals surface area contributed by atoms with Gasteiger partial charge in [0, 0.05) is 37.9 Å². The first kappa shape index (κ1) is 16.7. The van der Waals surface area contributed by atoms with E-state index in [1.807, 2.05) is 6.20 Å². The van der Waals surface area contributed by atoms with Crippen LogP contribution in [-0.2, 0) is 0 Å². The van der Waals surface area contributed by atoms with Crippen molar-refractivity contribution in [1.29, 1.82) is 0 Å². The summed E-state index contributed by atoms with van der Waals surface area (Å²) in [5.74, 6) is 2.37. The molecule has 114 valence electrons. The van der Waals surface area contributed by atoms with E-state index in [1.54, 1.807) is 0 Å². The lowest BCUT2D eigenvalue weighted by atomic mass is 10.2. The van der Waals surface area contributed by atoms with E-state index in [2.05, 4.69) is 66.9 Å². The van der Waals surface area contributed by atoms with E-state index in [1.165, 1.54) is 0 Å². The lowest BCUT2D eigenvalue weighted by molar-refractivity contribution is 0.408. The third kappa shape index (κ3) is 5.33. The number of nitrogens with one attached hydrogen (secondary N) is 1. The van der Waals surface area contributed by atoms with Crippen molar-refractivity contribution in [3.8, 4) is 0 Å². The zero-order chi connectivity index (χ0) is 15.1. The third-order valence-electron chi connectivity index (χ3n) is 2.98. The fourth-order valence-electron chi connectivity index (χ4n) is 2.04. The van der Waals surface area contributed by atoms with E-state index >= 15 is 0 Å². The van der Waals surface area contributed by atoms with E-state index in [9.17, 15) is 0 Å². The number of aryl methyl sites for hydroxylation is 1. The molecule has 0 atom stereocenters. The molecule has 0 unspecified atom stereocenters. The van der Waals surface area contributed by atoms with Crippen LogP contribution in [0.1, 0.15) is 26.3 Å². The molecular weight excluding hydrogens is 250 g/mol. The maximum Gasteiger partial charge on any atom is 0.224 e. The number of nitrogens with zero attached hydrogens (tertiary/aromatic N) is 4. The van der Waals surface area contributed by atoms with Crippen molar-refractivity contribution < 1.29 is 0 Å². The van der Waals surface area contributed by atoms with Gasteiger partial charge in [-0.3, -0.25) is 0 Å². The molecule has 0 saturated heterocycles. The summed E-state index contributed by atoms with van der Waals surface area (Å²) >= 11 is 0. The Hall–Kier alpha value is -1.36. The highest BCUT2D eigenvalue weighted by Crippen LogP contribution is 2.19. The maximum absolute atomic E-state index is 4.68. The van der Waals surface area contributed by atoms with Gasteiger partial charge < -0.3 is 15.1 Å². The van der Waals surface area contributed by atoms with Crippen LogP contribution in [0, 0.1) is 12.8 Å². The molecule has 0 bridgehead atoms. The average Bonchev–Trinajstić information content (AvgIpc) is 2.36. The summed E-state index contributed by atoms with van der Waals surface area (Å²) < 4.78 is 0. The second-order valence-electron chi connectivity index (χ2n) is 5.87. The monoisotopic (exact) mass is 279 g/mol. The molecule has 1 N–H and O–H groups in total. The molecule has 0 aliphatic heterocycles. The molecule has 0 amide bonds. The van der Waals surface area contributed by atoms with Gasteiger partial charge in [0.05, 0.1) is 0 Å². The molecular formula is C15H29N5. The summed E-state index contributed by atoms with van der Waals surface area (Å²) in [6.07, 6.45) is 1.91. The van der Waals surface area contributed by atoms with Crippen molar-refractivity contribution >= 4 is 11.8 Å². The Morgan fingerprint density at radius 3 is 2.50 bits per heavy atom. The second kappa shape index (κ2) is 8.04. The van der Waals surface area contributed by atoms with Crippen LogP contribution in [0.2, 0.25) is 0 Å². The van der Waals surface area contributed by atoms with Crippen LogP contribution in [0.4, 0.5) is 11.8 Å². The number of anilines is 2. The minimum atomic E-state index is 0.606. The van der Waals surface area contributed by atoms with Crippen molar-refractivity contribution in [2.45, 2.75) is 27.7 Å². The fraction of sp³-hybridized carbons (Fsp3) is 0.733. The van der Waals surface area contributed by atoms with Crippen molar-refractivity contribution in [3.63, 3.8) is 0 Å².